The molecule has 11 aromatic rings. The van der Waals surface area contributed by atoms with Gasteiger partial charge in [0.2, 0.25) is 0 Å². The van der Waals surface area contributed by atoms with Crippen LogP contribution in [0.2, 0.25) is 0 Å². The molecule has 0 saturated heterocycles. The smallest absolute Gasteiger partial charge is 0.143 e. The summed E-state index contributed by atoms with van der Waals surface area (Å²) in [6.45, 7) is 0. The van der Waals surface area contributed by atoms with E-state index in [-0.39, 0.29) is 0 Å². The third-order valence-electron chi connectivity index (χ3n) is 10.2. The minimum absolute atomic E-state index is 0.849. The minimum atomic E-state index is 0.849. The van der Waals surface area contributed by atoms with E-state index in [9.17, 15) is 0 Å². The van der Waals surface area contributed by atoms with Gasteiger partial charge in [0, 0.05) is 38.1 Å². The van der Waals surface area contributed by atoms with Crippen molar-refractivity contribution in [1.29, 1.82) is 0 Å². The van der Waals surface area contributed by atoms with E-state index in [1.165, 1.54) is 21.5 Å². The lowest BCUT2D eigenvalue weighted by molar-refractivity contribution is 0.673. The van der Waals surface area contributed by atoms with E-state index in [0.29, 0.717) is 0 Å². The van der Waals surface area contributed by atoms with Crippen molar-refractivity contribution in [3.8, 4) is 28.2 Å². The number of fused-ring (bicyclic) bond motifs is 12. The van der Waals surface area contributed by atoms with Crippen LogP contribution in [0.4, 0.5) is 0 Å². The van der Waals surface area contributed by atoms with Crippen molar-refractivity contribution >= 4 is 76.3 Å². The molecule has 0 aliphatic rings. The summed E-state index contributed by atoms with van der Waals surface area (Å²) < 4.78 is 9.14. The normalized spacial score (nSPS) is 12.0. The number of nitrogens with zero attached hydrogens (tertiary/aromatic N) is 3. The molecule has 0 saturated carbocycles. The topological polar surface area (TPSA) is 43.9 Å². The summed E-state index contributed by atoms with van der Waals surface area (Å²) in [7, 11) is 0. The van der Waals surface area contributed by atoms with E-state index < -0.39 is 0 Å². The van der Waals surface area contributed by atoms with Crippen LogP contribution in [0.25, 0.3) is 105 Å². The molecule has 3 heterocycles. The Morgan fingerprint density at radius 1 is 0.420 bits per heavy atom. The van der Waals surface area contributed by atoms with E-state index in [1.54, 1.807) is 0 Å². The first-order chi connectivity index (χ1) is 24.8. The van der Waals surface area contributed by atoms with Crippen LogP contribution in [0.1, 0.15) is 0 Å². The van der Waals surface area contributed by atoms with E-state index in [1.807, 2.05) is 36.4 Å². The first kappa shape index (κ1) is 27.2. The van der Waals surface area contributed by atoms with Crippen LogP contribution >= 0.6 is 0 Å². The van der Waals surface area contributed by atoms with Gasteiger partial charge in [-0.1, -0.05) is 121 Å². The maximum atomic E-state index is 6.72. The molecule has 0 aliphatic carbocycles. The molecule has 50 heavy (non-hydrogen) atoms. The minimum Gasteiger partial charge on any atom is -0.455 e. The number of para-hydroxylation sites is 4. The van der Waals surface area contributed by atoms with Crippen LogP contribution in [0.15, 0.2) is 168 Å². The summed E-state index contributed by atoms with van der Waals surface area (Å²) in [4.78, 5) is 10.5. The maximum Gasteiger partial charge on any atom is 0.143 e. The molecule has 8 aromatic carbocycles. The van der Waals surface area contributed by atoms with Gasteiger partial charge in [0.05, 0.1) is 39.1 Å². The van der Waals surface area contributed by atoms with Gasteiger partial charge >= 0.3 is 0 Å². The van der Waals surface area contributed by atoms with Gasteiger partial charge in [-0.3, -0.25) is 0 Å². The third kappa shape index (κ3) is 3.81. The second kappa shape index (κ2) is 10.4. The van der Waals surface area contributed by atoms with E-state index in [0.717, 1.165) is 83.0 Å². The molecule has 0 atom stereocenters. The zero-order chi connectivity index (χ0) is 32.8. The lowest BCUT2D eigenvalue weighted by atomic mass is 9.98. The van der Waals surface area contributed by atoms with Crippen molar-refractivity contribution in [1.82, 2.24) is 14.5 Å². The fourth-order valence-corrected chi connectivity index (χ4v) is 7.97. The Labute approximate surface area is 286 Å². The summed E-state index contributed by atoms with van der Waals surface area (Å²) >= 11 is 0. The summed E-state index contributed by atoms with van der Waals surface area (Å²) in [5.74, 6) is 0. The fraction of sp³-hybridized carbons (Fsp3) is 0. The standard InChI is InChI=1S/C46H27N3O/c1-2-13-30(14-3-1)44-45(48-36-19-9-8-18-35(36)47-44)34-17-6-10-20-37(34)49-38-26-23-28-12-4-5-15-31(28)42(38)43-39(49)27-24-29-22-25-33-32-16-7-11-21-40(32)50-46(33)41(29)43/h1-27H. The van der Waals surface area contributed by atoms with Gasteiger partial charge in [0.1, 0.15) is 11.2 Å². The molecule has 3 aromatic heterocycles. The van der Waals surface area contributed by atoms with E-state index >= 15 is 0 Å². The largest absolute Gasteiger partial charge is 0.455 e. The summed E-state index contributed by atoms with van der Waals surface area (Å²) in [6.07, 6.45) is 0. The second-order valence-corrected chi connectivity index (χ2v) is 12.9. The third-order valence-corrected chi connectivity index (χ3v) is 10.2. The fourth-order valence-electron chi connectivity index (χ4n) is 7.97. The molecule has 0 N–H and O–H groups in total. The highest BCUT2D eigenvalue weighted by atomic mass is 16.3. The first-order valence-corrected chi connectivity index (χ1v) is 16.9. The monoisotopic (exact) mass is 637 g/mol. The summed E-state index contributed by atoms with van der Waals surface area (Å²) in [5.41, 5.74) is 10.6. The van der Waals surface area contributed by atoms with Crippen molar-refractivity contribution in [2.75, 3.05) is 0 Å². The Morgan fingerprint density at radius 3 is 1.92 bits per heavy atom. The maximum absolute atomic E-state index is 6.72. The molecule has 0 amide bonds. The SMILES string of the molecule is c1ccc(-c2nc3ccccc3nc2-c2ccccc2-n2c3ccc4ccccc4c3c3c4c(ccc5c6ccccc6oc54)ccc32)cc1. The Hall–Kier alpha value is -6.78. The van der Waals surface area contributed by atoms with Crippen LogP contribution < -0.4 is 0 Å². The Kier molecular flexibility index (Phi) is 5.63. The van der Waals surface area contributed by atoms with Crippen LogP contribution in [-0.2, 0) is 0 Å². The zero-order valence-electron chi connectivity index (χ0n) is 26.8. The molecule has 0 unspecified atom stereocenters. The highest BCUT2D eigenvalue weighted by Gasteiger charge is 2.23. The van der Waals surface area contributed by atoms with Crippen molar-refractivity contribution in [2.45, 2.75) is 0 Å². The van der Waals surface area contributed by atoms with Gasteiger partial charge in [-0.2, -0.15) is 0 Å². The highest BCUT2D eigenvalue weighted by molar-refractivity contribution is 6.33. The van der Waals surface area contributed by atoms with Gasteiger partial charge in [-0.05, 0) is 58.6 Å². The number of rotatable bonds is 3. The van der Waals surface area contributed by atoms with E-state index in [4.69, 9.17) is 14.4 Å². The Balaban J connectivity index is 1.32. The highest BCUT2D eigenvalue weighted by Crippen LogP contribution is 2.46. The van der Waals surface area contributed by atoms with E-state index in [2.05, 4.69) is 132 Å². The van der Waals surface area contributed by atoms with Gasteiger partial charge in [-0.25, -0.2) is 9.97 Å². The molecule has 0 aliphatic heterocycles. The lowest BCUT2D eigenvalue weighted by Gasteiger charge is -2.16. The van der Waals surface area contributed by atoms with Crippen molar-refractivity contribution in [2.24, 2.45) is 0 Å². The summed E-state index contributed by atoms with van der Waals surface area (Å²) in [6, 6.07) is 57.6. The summed E-state index contributed by atoms with van der Waals surface area (Å²) in [5, 5.41) is 9.33. The molecule has 0 radical (unpaired) electrons. The molecule has 0 spiro atoms. The molecule has 11 rings (SSSR count). The predicted octanol–water partition coefficient (Wildman–Crippen LogP) is 12.3. The van der Waals surface area contributed by atoms with Gasteiger partial charge in [0.15, 0.2) is 0 Å². The molecule has 232 valence electrons. The number of hydrogen-bond acceptors (Lipinski definition) is 3. The Bertz CT molecular complexity index is 3150. The average Bonchev–Trinajstić information content (AvgIpc) is 3.74. The molecular formula is C46H27N3O. The van der Waals surface area contributed by atoms with Crippen LogP contribution in [0.3, 0.4) is 0 Å². The predicted molar refractivity (Wildman–Crippen MR) is 207 cm³/mol. The molecule has 4 heteroatoms. The van der Waals surface area contributed by atoms with Crippen LogP contribution in [0, 0.1) is 0 Å². The lowest BCUT2D eigenvalue weighted by Crippen LogP contribution is -2.01. The number of furan rings is 1. The zero-order valence-corrected chi connectivity index (χ0v) is 26.8. The molecule has 4 nitrogen and oxygen atoms in total. The molecule has 0 fully saturated rings. The second-order valence-electron chi connectivity index (χ2n) is 12.9. The quantitative estimate of drug-likeness (QED) is 0.194. The van der Waals surface area contributed by atoms with Crippen molar-refractivity contribution in [3.05, 3.63) is 164 Å². The van der Waals surface area contributed by atoms with Crippen molar-refractivity contribution in [3.63, 3.8) is 0 Å². The van der Waals surface area contributed by atoms with Gasteiger partial charge < -0.3 is 8.98 Å². The molecular weight excluding hydrogens is 611 g/mol. The molecule has 0 bridgehead atoms. The average molecular weight is 638 g/mol. The van der Waals surface area contributed by atoms with Crippen LogP contribution in [0.5, 0.6) is 0 Å². The van der Waals surface area contributed by atoms with Gasteiger partial charge in [0.25, 0.3) is 0 Å². The Morgan fingerprint density at radius 2 is 1.06 bits per heavy atom. The number of hydrogen-bond donors (Lipinski definition) is 0. The number of benzene rings is 8. The first-order valence-electron chi connectivity index (χ1n) is 16.9. The van der Waals surface area contributed by atoms with Crippen molar-refractivity contribution < 1.29 is 4.42 Å². The van der Waals surface area contributed by atoms with Gasteiger partial charge in [-0.15, -0.1) is 0 Å². The van der Waals surface area contributed by atoms with Crippen LogP contribution in [-0.4, -0.2) is 14.5 Å². The number of aromatic nitrogens is 3.